The van der Waals surface area contributed by atoms with Crippen molar-refractivity contribution in [1.82, 2.24) is 9.88 Å². The lowest BCUT2D eigenvalue weighted by Gasteiger charge is -2.17. The molecule has 3 nitrogen and oxygen atoms in total. The summed E-state index contributed by atoms with van der Waals surface area (Å²) in [6.07, 6.45) is 3.68. The van der Waals surface area contributed by atoms with Crippen LogP contribution in [-0.2, 0) is 13.1 Å². The van der Waals surface area contributed by atoms with Crippen molar-refractivity contribution >= 4 is 0 Å². The third kappa shape index (κ3) is 4.15. The summed E-state index contributed by atoms with van der Waals surface area (Å²) < 4.78 is 0. The number of aromatic nitrogens is 1. The molecule has 1 aromatic carbocycles. The summed E-state index contributed by atoms with van der Waals surface area (Å²) in [5.41, 5.74) is 9.62. The first kappa shape index (κ1) is 14.7. The lowest BCUT2D eigenvalue weighted by Crippen LogP contribution is -2.17. The molecular weight excluding hydrogens is 246 g/mol. The molecule has 0 bridgehead atoms. The molecule has 20 heavy (non-hydrogen) atoms. The van der Waals surface area contributed by atoms with Gasteiger partial charge in [0, 0.05) is 25.5 Å². The van der Waals surface area contributed by atoms with Crippen LogP contribution in [0.25, 0.3) is 0 Å². The summed E-state index contributed by atoms with van der Waals surface area (Å²) in [7, 11) is 2.14. The third-order valence-electron chi connectivity index (χ3n) is 3.56. The van der Waals surface area contributed by atoms with Gasteiger partial charge in [0.15, 0.2) is 0 Å². The Labute approximate surface area is 121 Å². The Morgan fingerprint density at radius 1 is 1.00 bits per heavy atom. The van der Waals surface area contributed by atoms with Gasteiger partial charge in [-0.1, -0.05) is 31.2 Å². The second-order valence-corrected chi connectivity index (χ2v) is 5.41. The van der Waals surface area contributed by atoms with Crippen LogP contribution in [0.15, 0.2) is 48.8 Å². The second kappa shape index (κ2) is 7.17. The smallest absolute Gasteiger partial charge is 0.0271 e. The van der Waals surface area contributed by atoms with Crippen LogP contribution in [0.2, 0.25) is 0 Å². The molecule has 1 unspecified atom stereocenters. The first-order valence-electron chi connectivity index (χ1n) is 7.05. The van der Waals surface area contributed by atoms with E-state index in [1.165, 1.54) is 16.7 Å². The first-order valence-corrected chi connectivity index (χ1v) is 7.05. The third-order valence-corrected chi connectivity index (χ3v) is 3.56. The van der Waals surface area contributed by atoms with Crippen molar-refractivity contribution in [3.8, 4) is 0 Å². The fourth-order valence-electron chi connectivity index (χ4n) is 2.26. The van der Waals surface area contributed by atoms with Crippen LogP contribution >= 0.6 is 0 Å². The highest BCUT2D eigenvalue weighted by Gasteiger charge is 2.05. The minimum atomic E-state index is 0.429. The number of benzene rings is 1. The number of nitrogens with zero attached hydrogens (tertiary/aromatic N) is 2. The summed E-state index contributed by atoms with van der Waals surface area (Å²) in [5.74, 6) is 0.429. The molecular formula is C17H23N3. The zero-order valence-corrected chi connectivity index (χ0v) is 12.3. The van der Waals surface area contributed by atoms with Crippen molar-refractivity contribution in [3.63, 3.8) is 0 Å². The average molecular weight is 269 g/mol. The molecule has 0 radical (unpaired) electrons. The SMILES string of the molecule is CC(CN)c1ccc(CN(C)Cc2ccncc2)cc1. The number of hydrogen-bond donors (Lipinski definition) is 1. The molecule has 0 saturated carbocycles. The Hall–Kier alpha value is -1.71. The van der Waals surface area contributed by atoms with Crippen molar-refractivity contribution in [2.45, 2.75) is 25.9 Å². The van der Waals surface area contributed by atoms with Crippen LogP contribution in [0.3, 0.4) is 0 Å². The van der Waals surface area contributed by atoms with Crippen LogP contribution < -0.4 is 5.73 Å². The van der Waals surface area contributed by atoms with Gasteiger partial charge in [-0.3, -0.25) is 9.88 Å². The fraction of sp³-hybridized carbons (Fsp3) is 0.353. The van der Waals surface area contributed by atoms with Crippen LogP contribution in [0.5, 0.6) is 0 Å². The Morgan fingerprint density at radius 3 is 2.10 bits per heavy atom. The number of pyridine rings is 1. The van der Waals surface area contributed by atoms with Gasteiger partial charge in [-0.05, 0) is 48.3 Å². The molecule has 0 amide bonds. The molecule has 0 saturated heterocycles. The molecule has 0 fully saturated rings. The number of nitrogens with two attached hydrogens (primary N) is 1. The molecule has 0 aliphatic heterocycles. The van der Waals surface area contributed by atoms with Crippen molar-refractivity contribution < 1.29 is 0 Å². The average Bonchev–Trinajstić information content (AvgIpc) is 2.48. The molecule has 3 heteroatoms. The number of rotatable bonds is 6. The Balaban J connectivity index is 1.93. The molecule has 106 valence electrons. The standard InChI is InChI=1S/C17H23N3/c1-14(11-18)17-5-3-15(4-6-17)12-20(2)13-16-7-9-19-10-8-16/h3-10,14H,11-13,18H2,1-2H3. The van der Waals surface area contributed by atoms with E-state index in [0.717, 1.165) is 13.1 Å². The van der Waals surface area contributed by atoms with Gasteiger partial charge in [-0.25, -0.2) is 0 Å². The van der Waals surface area contributed by atoms with E-state index in [-0.39, 0.29) is 0 Å². The van der Waals surface area contributed by atoms with Gasteiger partial charge in [-0.2, -0.15) is 0 Å². The van der Waals surface area contributed by atoms with E-state index in [1.54, 1.807) is 0 Å². The van der Waals surface area contributed by atoms with E-state index < -0.39 is 0 Å². The quantitative estimate of drug-likeness (QED) is 0.877. The van der Waals surface area contributed by atoms with Crippen molar-refractivity contribution in [2.75, 3.05) is 13.6 Å². The van der Waals surface area contributed by atoms with Gasteiger partial charge < -0.3 is 5.73 Å². The van der Waals surface area contributed by atoms with Crippen molar-refractivity contribution in [1.29, 1.82) is 0 Å². The van der Waals surface area contributed by atoms with E-state index in [2.05, 4.69) is 60.3 Å². The number of hydrogen-bond acceptors (Lipinski definition) is 3. The molecule has 0 spiro atoms. The molecule has 0 aliphatic carbocycles. The van der Waals surface area contributed by atoms with E-state index in [0.29, 0.717) is 12.5 Å². The largest absolute Gasteiger partial charge is 0.330 e. The van der Waals surface area contributed by atoms with Crippen molar-refractivity contribution in [2.24, 2.45) is 5.73 Å². The Bertz CT molecular complexity index is 508. The van der Waals surface area contributed by atoms with E-state index in [4.69, 9.17) is 5.73 Å². The summed E-state index contributed by atoms with van der Waals surface area (Å²) >= 11 is 0. The molecule has 2 N–H and O–H groups in total. The maximum absolute atomic E-state index is 5.70. The maximum Gasteiger partial charge on any atom is 0.0271 e. The molecule has 1 atom stereocenters. The summed E-state index contributed by atoms with van der Waals surface area (Å²) in [6.45, 7) is 4.73. The van der Waals surface area contributed by atoms with Gasteiger partial charge >= 0.3 is 0 Å². The van der Waals surface area contributed by atoms with E-state index in [9.17, 15) is 0 Å². The Kier molecular flexibility index (Phi) is 5.27. The summed E-state index contributed by atoms with van der Waals surface area (Å²) in [6, 6.07) is 12.9. The highest BCUT2D eigenvalue weighted by molar-refractivity contribution is 5.25. The zero-order valence-electron chi connectivity index (χ0n) is 12.3. The second-order valence-electron chi connectivity index (χ2n) is 5.41. The van der Waals surface area contributed by atoms with Crippen molar-refractivity contribution in [3.05, 3.63) is 65.5 Å². The van der Waals surface area contributed by atoms with Gasteiger partial charge in [-0.15, -0.1) is 0 Å². The molecule has 2 aromatic rings. The van der Waals surface area contributed by atoms with E-state index >= 15 is 0 Å². The Morgan fingerprint density at radius 2 is 1.55 bits per heavy atom. The normalized spacial score (nSPS) is 12.6. The van der Waals surface area contributed by atoms with Crippen LogP contribution in [0, 0.1) is 0 Å². The van der Waals surface area contributed by atoms with Gasteiger partial charge in [0.05, 0.1) is 0 Å². The summed E-state index contributed by atoms with van der Waals surface area (Å²) in [5, 5.41) is 0. The molecule has 1 aromatic heterocycles. The van der Waals surface area contributed by atoms with Gasteiger partial charge in [0.25, 0.3) is 0 Å². The molecule has 1 heterocycles. The van der Waals surface area contributed by atoms with E-state index in [1.807, 2.05) is 12.4 Å². The lowest BCUT2D eigenvalue weighted by atomic mass is 10.00. The predicted octanol–water partition coefficient (Wildman–Crippen LogP) is 2.78. The van der Waals surface area contributed by atoms with Crippen LogP contribution in [0.1, 0.15) is 29.5 Å². The zero-order chi connectivity index (χ0) is 14.4. The first-order chi connectivity index (χ1) is 9.69. The van der Waals surface area contributed by atoms with Crippen LogP contribution in [-0.4, -0.2) is 23.5 Å². The predicted molar refractivity (Wildman–Crippen MR) is 83.3 cm³/mol. The molecule has 2 rings (SSSR count). The molecule has 0 aliphatic rings. The highest BCUT2D eigenvalue weighted by atomic mass is 15.1. The maximum atomic E-state index is 5.70. The van der Waals surface area contributed by atoms with Crippen LogP contribution in [0.4, 0.5) is 0 Å². The monoisotopic (exact) mass is 269 g/mol. The fourth-order valence-corrected chi connectivity index (χ4v) is 2.26. The minimum Gasteiger partial charge on any atom is -0.330 e. The minimum absolute atomic E-state index is 0.429. The summed E-state index contributed by atoms with van der Waals surface area (Å²) in [4.78, 5) is 6.34. The van der Waals surface area contributed by atoms with Gasteiger partial charge in [0.2, 0.25) is 0 Å². The highest BCUT2D eigenvalue weighted by Crippen LogP contribution is 2.15. The lowest BCUT2D eigenvalue weighted by molar-refractivity contribution is 0.319. The topological polar surface area (TPSA) is 42.1 Å². The van der Waals surface area contributed by atoms with Gasteiger partial charge in [0.1, 0.15) is 0 Å².